The Hall–Kier alpha value is -3.13. The Morgan fingerprint density at radius 2 is 1.70 bits per heavy atom. The molecule has 0 saturated heterocycles. The van der Waals surface area contributed by atoms with Crippen LogP contribution in [0.5, 0.6) is 5.75 Å². The van der Waals surface area contributed by atoms with Crippen LogP contribution in [0.3, 0.4) is 0 Å². The van der Waals surface area contributed by atoms with Gasteiger partial charge in [-0.15, -0.1) is 12.1 Å². The summed E-state index contributed by atoms with van der Waals surface area (Å²) in [7, 11) is 0. The van der Waals surface area contributed by atoms with Crippen molar-refractivity contribution in [2.45, 2.75) is 13.5 Å². The van der Waals surface area contributed by atoms with Gasteiger partial charge in [-0.1, -0.05) is 42.5 Å². The number of hydrogen-bond acceptors (Lipinski definition) is 2. The smallest absolute Gasteiger partial charge is 0.488 e. The number of carbonyl (C=O) groups excluding carboxylic acids is 1. The molecule has 30 heavy (non-hydrogen) atoms. The molecule has 0 aliphatic heterocycles. The zero-order valence-electron chi connectivity index (χ0n) is 16.8. The van der Waals surface area contributed by atoms with Gasteiger partial charge in [0.05, 0.1) is 5.56 Å². The maximum Gasteiger partial charge on any atom is 2.00 e. The Morgan fingerprint density at radius 1 is 0.933 bits per heavy atom. The van der Waals surface area contributed by atoms with Gasteiger partial charge in [-0.05, 0) is 30.2 Å². The normalized spacial score (nSPS) is 10.0. The second kappa shape index (κ2) is 12.4. The summed E-state index contributed by atoms with van der Waals surface area (Å²) in [5.41, 5.74) is 3.74. The van der Waals surface area contributed by atoms with Crippen LogP contribution < -0.4 is 4.74 Å². The van der Waals surface area contributed by atoms with Crippen LogP contribution in [-0.4, -0.2) is 5.78 Å². The van der Waals surface area contributed by atoms with Crippen molar-refractivity contribution in [3.05, 3.63) is 131 Å². The molecule has 0 N–H and O–H groups in total. The van der Waals surface area contributed by atoms with E-state index in [9.17, 15) is 4.79 Å². The third kappa shape index (κ3) is 7.36. The van der Waals surface area contributed by atoms with Gasteiger partial charge in [0.1, 0.15) is 12.4 Å². The molecule has 0 spiro atoms. The first-order chi connectivity index (χ1) is 14.2. The summed E-state index contributed by atoms with van der Waals surface area (Å²) in [4.78, 5) is 12.5. The van der Waals surface area contributed by atoms with Gasteiger partial charge >= 0.3 is 17.1 Å². The van der Waals surface area contributed by atoms with Gasteiger partial charge < -0.3 is 4.74 Å². The number of allylic oxidation sites excluding steroid dienone is 1. The van der Waals surface area contributed by atoms with Crippen LogP contribution >= 0.6 is 0 Å². The molecule has 4 aromatic rings. The fraction of sp³-hybridized carbons (Fsp3) is 0.0741. The van der Waals surface area contributed by atoms with E-state index < -0.39 is 0 Å². The molecular weight excluding hydrogens is 412 g/mol. The summed E-state index contributed by atoms with van der Waals surface area (Å²) in [6, 6.07) is 33.4. The molecule has 4 aromatic carbocycles. The second-order valence-electron chi connectivity index (χ2n) is 6.65. The van der Waals surface area contributed by atoms with Crippen molar-refractivity contribution in [1.82, 2.24) is 0 Å². The quantitative estimate of drug-likeness (QED) is 0.148. The SMILES string of the molecule is Cc1ccc(C(=O)/C=C/c2ccc[cH-]2)c(OCc2ccccc2)c1.[Fe+2].c1cc[cH-]c1. The summed E-state index contributed by atoms with van der Waals surface area (Å²) < 4.78 is 5.91. The molecule has 3 heteroatoms. The van der Waals surface area contributed by atoms with Gasteiger partial charge in [-0.3, -0.25) is 4.79 Å². The Kier molecular flexibility index (Phi) is 9.60. The summed E-state index contributed by atoms with van der Waals surface area (Å²) >= 11 is 0. The zero-order valence-corrected chi connectivity index (χ0v) is 18.0. The molecular formula is C27H24FeO2. The largest absolute Gasteiger partial charge is 2.00 e. The van der Waals surface area contributed by atoms with E-state index in [0.717, 1.165) is 16.7 Å². The van der Waals surface area contributed by atoms with Gasteiger partial charge in [0.2, 0.25) is 0 Å². The van der Waals surface area contributed by atoms with Crippen molar-refractivity contribution in [3.8, 4) is 5.75 Å². The van der Waals surface area contributed by atoms with Crippen molar-refractivity contribution in [3.63, 3.8) is 0 Å². The molecule has 4 rings (SSSR count). The summed E-state index contributed by atoms with van der Waals surface area (Å²) in [5.74, 6) is 0.565. The van der Waals surface area contributed by atoms with Crippen LogP contribution in [0.4, 0.5) is 0 Å². The maximum atomic E-state index is 12.5. The van der Waals surface area contributed by atoms with Crippen LogP contribution in [0.25, 0.3) is 6.08 Å². The average molecular weight is 436 g/mol. The van der Waals surface area contributed by atoms with E-state index in [-0.39, 0.29) is 22.9 Å². The number of aryl methyl sites for hydroxylation is 1. The van der Waals surface area contributed by atoms with Gasteiger partial charge in [0.15, 0.2) is 5.78 Å². The third-order valence-electron chi connectivity index (χ3n) is 4.31. The van der Waals surface area contributed by atoms with E-state index in [1.807, 2.05) is 116 Å². The Labute approximate surface area is 189 Å². The molecule has 0 saturated carbocycles. The first-order valence-corrected chi connectivity index (χ1v) is 9.60. The molecule has 0 aromatic heterocycles. The molecule has 0 amide bonds. The van der Waals surface area contributed by atoms with Gasteiger partial charge in [0.25, 0.3) is 0 Å². The van der Waals surface area contributed by atoms with Crippen LogP contribution in [0.2, 0.25) is 0 Å². The predicted molar refractivity (Wildman–Crippen MR) is 119 cm³/mol. The van der Waals surface area contributed by atoms with E-state index in [2.05, 4.69) is 0 Å². The van der Waals surface area contributed by atoms with Crippen LogP contribution in [0, 0.1) is 6.92 Å². The standard InChI is InChI=1S/C22H19O2.C5H5.Fe/c1-17-11-13-20(21(23)14-12-18-7-5-6-8-18)22(15-17)24-16-19-9-3-2-4-10-19;1-2-4-5-3-1;/h2-15H,16H2,1H3;1-5H;/q2*-1;+2/b14-12+;;. The third-order valence-corrected chi connectivity index (χ3v) is 4.31. The molecule has 2 nitrogen and oxygen atoms in total. The molecule has 0 bridgehead atoms. The Balaban J connectivity index is 0.000000468. The fourth-order valence-corrected chi connectivity index (χ4v) is 2.77. The van der Waals surface area contributed by atoms with Crippen LogP contribution in [0.15, 0.2) is 109 Å². The average Bonchev–Trinajstić information content (AvgIpc) is 3.48. The van der Waals surface area contributed by atoms with Crippen LogP contribution in [-0.2, 0) is 23.7 Å². The number of carbonyl (C=O) groups is 1. The number of benzene rings is 2. The van der Waals surface area contributed by atoms with Crippen molar-refractivity contribution in [2.24, 2.45) is 0 Å². The number of rotatable bonds is 6. The van der Waals surface area contributed by atoms with Crippen LogP contribution in [0.1, 0.15) is 27.0 Å². The molecule has 0 atom stereocenters. The summed E-state index contributed by atoms with van der Waals surface area (Å²) in [6.07, 6.45) is 3.42. The van der Waals surface area contributed by atoms with E-state index >= 15 is 0 Å². The fourth-order valence-electron chi connectivity index (χ4n) is 2.77. The van der Waals surface area contributed by atoms with Crippen molar-refractivity contribution in [1.29, 1.82) is 0 Å². The monoisotopic (exact) mass is 436 g/mol. The molecule has 0 unspecified atom stereocenters. The minimum Gasteiger partial charge on any atom is -0.488 e. The van der Waals surface area contributed by atoms with E-state index in [1.54, 1.807) is 6.08 Å². The van der Waals surface area contributed by atoms with Crippen molar-refractivity contribution >= 4 is 11.9 Å². The van der Waals surface area contributed by atoms with Gasteiger partial charge in [0, 0.05) is 0 Å². The second-order valence-corrected chi connectivity index (χ2v) is 6.65. The first kappa shape index (κ1) is 23.2. The predicted octanol–water partition coefficient (Wildman–Crippen LogP) is 6.59. The number of ether oxygens (including phenoxy) is 1. The molecule has 0 heterocycles. The number of ketones is 1. The van der Waals surface area contributed by atoms with Crippen molar-refractivity contribution < 1.29 is 26.6 Å². The van der Waals surface area contributed by atoms with Gasteiger partial charge in [-0.2, -0.15) is 42.0 Å². The minimum absolute atomic E-state index is 0. The zero-order chi connectivity index (χ0) is 20.3. The molecule has 0 aliphatic carbocycles. The summed E-state index contributed by atoms with van der Waals surface area (Å²) in [6.45, 7) is 2.43. The van der Waals surface area contributed by atoms with E-state index in [0.29, 0.717) is 17.9 Å². The Bertz CT molecular complexity index is 997. The Morgan fingerprint density at radius 3 is 2.33 bits per heavy atom. The van der Waals surface area contributed by atoms with Crippen molar-refractivity contribution in [2.75, 3.05) is 0 Å². The first-order valence-electron chi connectivity index (χ1n) is 9.60. The van der Waals surface area contributed by atoms with E-state index in [1.165, 1.54) is 0 Å². The van der Waals surface area contributed by atoms with Gasteiger partial charge in [-0.25, -0.2) is 12.1 Å². The molecule has 152 valence electrons. The molecule has 0 radical (unpaired) electrons. The number of hydrogen-bond donors (Lipinski definition) is 0. The minimum atomic E-state index is -0.0562. The topological polar surface area (TPSA) is 26.3 Å². The summed E-state index contributed by atoms with van der Waals surface area (Å²) in [5, 5.41) is 0. The van der Waals surface area contributed by atoms with E-state index in [4.69, 9.17) is 4.74 Å². The molecule has 0 aliphatic rings. The molecule has 0 fully saturated rings. The maximum absolute atomic E-state index is 12.5.